The van der Waals surface area contributed by atoms with Crippen LogP contribution in [0.15, 0.2) is 84.9 Å². The molecule has 4 rings (SSSR count). The summed E-state index contributed by atoms with van der Waals surface area (Å²) in [4.78, 5) is 12.7. The zero-order valence-electron chi connectivity index (χ0n) is 13.7. The van der Waals surface area contributed by atoms with Crippen LogP contribution in [0.1, 0.15) is 15.9 Å². The Labute approximate surface area is 152 Å². The van der Waals surface area contributed by atoms with E-state index in [0.29, 0.717) is 12.0 Å². The monoisotopic (exact) mass is 342 g/mol. The Morgan fingerprint density at radius 1 is 0.760 bits per heavy atom. The molecule has 4 aromatic carbocycles. The van der Waals surface area contributed by atoms with E-state index in [-0.39, 0.29) is 11.0 Å². The van der Waals surface area contributed by atoms with Crippen LogP contribution in [0.4, 0.5) is 0 Å². The molecule has 122 valence electrons. The highest BCUT2D eigenvalue weighted by Gasteiger charge is 2.19. The minimum atomic E-state index is -0.364. The minimum absolute atomic E-state index is 0.0703. The number of hydrogen-bond donors (Lipinski definition) is 1. The van der Waals surface area contributed by atoms with Crippen molar-refractivity contribution in [3.8, 4) is 0 Å². The zero-order valence-corrected chi connectivity index (χ0v) is 14.6. The Morgan fingerprint density at radius 2 is 1.28 bits per heavy atom. The lowest BCUT2D eigenvalue weighted by Crippen LogP contribution is -2.18. The predicted octanol–water partition coefficient (Wildman–Crippen LogP) is 5.72. The van der Waals surface area contributed by atoms with Gasteiger partial charge in [-0.05, 0) is 39.6 Å². The second-order valence-electron chi connectivity index (χ2n) is 6.25. The fourth-order valence-electron chi connectivity index (χ4n) is 3.41. The third-order valence-corrected chi connectivity index (χ3v) is 5.06. The molecule has 1 nitrogen and oxygen atoms in total. The summed E-state index contributed by atoms with van der Waals surface area (Å²) in [5.74, 6) is 0.0703. The molecule has 0 aliphatic rings. The van der Waals surface area contributed by atoms with E-state index >= 15 is 0 Å². The minimum Gasteiger partial charge on any atom is -0.293 e. The third kappa shape index (κ3) is 3.06. The molecule has 0 saturated heterocycles. The third-order valence-electron chi connectivity index (χ3n) is 4.64. The molecule has 1 atom stereocenters. The van der Waals surface area contributed by atoms with Gasteiger partial charge in [-0.2, -0.15) is 12.6 Å². The summed E-state index contributed by atoms with van der Waals surface area (Å²) < 4.78 is 0. The fourth-order valence-corrected chi connectivity index (χ4v) is 3.74. The summed E-state index contributed by atoms with van der Waals surface area (Å²) in [6.07, 6.45) is 0.610. The van der Waals surface area contributed by atoms with E-state index in [9.17, 15) is 4.79 Å². The van der Waals surface area contributed by atoms with Crippen molar-refractivity contribution in [1.29, 1.82) is 0 Å². The van der Waals surface area contributed by atoms with Crippen LogP contribution in [-0.4, -0.2) is 11.0 Å². The second-order valence-corrected chi connectivity index (χ2v) is 6.87. The Kier molecular flexibility index (Phi) is 4.29. The van der Waals surface area contributed by atoms with Crippen molar-refractivity contribution in [1.82, 2.24) is 0 Å². The molecule has 25 heavy (non-hydrogen) atoms. The molecule has 1 unspecified atom stereocenters. The molecule has 0 heterocycles. The number of benzene rings is 4. The van der Waals surface area contributed by atoms with Crippen molar-refractivity contribution in [2.24, 2.45) is 0 Å². The van der Waals surface area contributed by atoms with E-state index in [1.165, 1.54) is 27.1 Å². The average Bonchev–Trinajstić information content (AvgIpc) is 2.67. The van der Waals surface area contributed by atoms with Crippen molar-refractivity contribution < 1.29 is 4.79 Å². The quantitative estimate of drug-likeness (QED) is 0.285. The molecule has 0 saturated carbocycles. The van der Waals surface area contributed by atoms with Crippen LogP contribution in [-0.2, 0) is 6.42 Å². The summed E-state index contributed by atoms with van der Waals surface area (Å²) in [7, 11) is 0. The fraction of sp³-hybridized carbons (Fsp3) is 0.0870. The van der Waals surface area contributed by atoms with Crippen LogP contribution >= 0.6 is 12.6 Å². The van der Waals surface area contributed by atoms with Gasteiger partial charge in [0, 0.05) is 5.56 Å². The lowest BCUT2D eigenvalue weighted by molar-refractivity contribution is 0.0990. The van der Waals surface area contributed by atoms with Crippen LogP contribution in [0.25, 0.3) is 21.5 Å². The van der Waals surface area contributed by atoms with Crippen molar-refractivity contribution in [2.75, 3.05) is 0 Å². The lowest BCUT2D eigenvalue weighted by atomic mass is 9.92. The summed E-state index contributed by atoms with van der Waals surface area (Å²) in [5, 5.41) is 4.42. The van der Waals surface area contributed by atoms with E-state index in [0.717, 1.165) is 0 Å². The van der Waals surface area contributed by atoms with Gasteiger partial charge in [-0.3, -0.25) is 4.79 Å². The van der Waals surface area contributed by atoms with Gasteiger partial charge in [0.1, 0.15) is 0 Å². The predicted molar refractivity (Wildman–Crippen MR) is 109 cm³/mol. The number of carbonyl (C=O) groups excluding carboxylic acids is 1. The average molecular weight is 342 g/mol. The Bertz CT molecular complexity index is 999. The van der Waals surface area contributed by atoms with Gasteiger partial charge in [-0.15, -0.1) is 0 Å². The maximum atomic E-state index is 12.7. The van der Waals surface area contributed by atoms with Gasteiger partial charge < -0.3 is 0 Å². The molecule has 2 heteroatoms. The van der Waals surface area contributed by atoms with Gasteiger partial charge in [-0.1, -0.05) is 78.9 Å². The van der Waals surface area contributed by atoms with E-state index < -0.39 is 0 Å². The molecular formula is C23H18OS. The first-order chi connectivity index (χ1) is 12.2. The maximum Gasteiger partial charge on any atom is 0.175 e. The molecule has 0 aliphatic heterocycles. The topological polar surface area (TPSA) is 17.1 Å². The molecule has 0 radical (unpaired) electrons. The summed E-state index contributed by atoms with van der Waals surface area (Å²) in [6, 6.07) is 28.3. The number of ketones is 1. The van der Waals surface area contributed by atoms with E-state index in [1.54, 1.807) is 0 Å². The van der Waals surface area contributed by atoms with Crippen molar-refractivity contribution in [3.05, 3.63) is 96.1 Å². The highest BCUT2D eigenvalue weighted by Crippen LogP contribution is 2.30. The molecule has 0 bridgehead atoms. The highest BCUT2D eigenvalue weighted by molar-refractivity contribution is 7.81. The number of hydrogen-bond acceptors (Lipinski definition) is 2. The summed E-state index contributed by atoms with van der Waals surface area (Å²) in [6.45, 7) is 0. The van der Waals surface area contributed by atoms with Gasteiger partial charge in [0.15, 0.2) is 5.78 Å². The second kappa shape index (κ2) is 6.73. The van der Waals surface area contributed by atoms with Gasteiger partial charge in [-0.25, -0.2) is 0 Å². The van der Waals surface area contributed by atoms with Gasteiger partial charge in [0.2, 0.25) is 0 Å². The van der Waals surface area contributed by atoms with Crippen molar-refractivity contribution >= 4 is 40.0 Å². The number of rotatable bonds is 4. The maximum absolute atomic E-state index is 12.7. The number of fused-ring (bicyclic) bond motifs is 2. The van der Waals surface area contributed by atoms with Crippen molar-refractivity contribution in [3.63, 3.8) is 0 Å². The Morgan fingerprint density at radius 3 is 1.88 bits per heavy atom. The van der Waals surface area contributed by atoms with Gasteiger partial charge >= 0.3 is 0 Å². The van der Waals surface area contributed by atoms with Crippen LogP contribution in [0.2, 0.25) is 0 Å². The number of thiol groups is 1. The Balaban J connectivity index is 1.80. The highest BCUT2D eigenvalue weighted by atomic mass is 32.1. The SMILES string of the molecule is O=C(c1ccccc1)C(S)Cc1c2ccccc2cc2ccccc12. The van der Waals surface area contributed by atoms with Crippen LogP contribution < -0.4 is 0 Å². The number of Topliss-reactive ketones (excluding diaryl/α,β-unsaturated/α-hetero) is 1. The molecule has 0 amide bonds. The first kappa shape index (κ1) is 15.9. The molecule has 0 aromatic heterocycles. The first-order valence-corrected chi connectivity index (χ1v) is 8.92. The molecule has 0 N–H and O–H groups in total. The standard InChI is InChI=1S/C23H18OS/c24-23(16-8-2-1-3-9-16)22(25)15-21-19-12-6-4-10-17(19)14-18-11-5-7-13-20(18)21/h1-14,22,25H,15H2. The van der Waals surface area contributed by atoms with E-state index in [4.69, 9.17) is 0 Å². The lowest BCUT2D eigenvalue weighted by Gasteiger charge is -2.15. The normalized spacial score (nSPS) is 12.4. The van der Waals surface area contributed by atoms with Crippen LogP contribution in [0.3, 0.4) is 0 Å². The molecular weight excluding hydrogens is 324 g/mol. The smallest absolute Gasteiger partial charge is 0.175 e. The molecule has 0 spiro atoms. The summed E-state index contributed by atoms with van der Waals surface area (Å²) >= 11 is 4.65. The zero-order chi connectivity index (χ0) is 17.2. The van der Waals surface area contributed by atoms with Crippen LogP contribution in [0, 0.1) is 0 Å². The van der Waals surface area contributed by atoms with E-state index in [2.05, 4.69) is 43.0 Å². The van der Waals surface area contributed by atoms with E-state index in [1.807, 2.05) is 54.6 Å². The van der Waals surface area contributed by atoms with Crippen molar-refractivity contribution in [2.45, 2.75) is 11.7 Å². The van der Waals surface area contributed by atoms with Gasteiger partial charge in [0.25, 0.3) is 0 Å². The number of carbonyl (C=O) groups is 1. The molecule has 4 aromatic rings. The Hall–Kier alpha value is -2.58. The summed E-state index contributed by atoms with van der Waals surface area (Å²) in [5.41, 5.74) is 1.91. The molecule has 0 fully saturated rings. The first-order valence-electron chi connectivity index (χ1n) is 8.41. The van der Waals surface area contributed by atoms with Crippen LogP contribution in [0.5, 0.6) is 0 Å². The molecule has 0 aliphatic carbocycles. The van der Waals surface area contributed by atoms with Gasteiger partial charge in [0.05, 0.1) is 5.25 Å². The largest absolute Gasteiger partial charge is 0.293 e.